The fourth-order valence-electron chi connectivity index (χ4n) is 0.920. The summed E-state index contributed by atoms with van der Waals surface area (Å²) in [5.41, 5.74) is -0.0740. The Kier molecular flexibility index (Phi) is 4.70. The normalized spacial score (nSPS) is 9.38. The summed E-state index contributed by atoms with van der Waals surface area (Å²) in [6, 6.07) is 0. The molecular formula is C10H9ClN2O3. The zero-order chi connectivity index (χ0) is 12.0. The number of hydrogen-bond donors (Lipinski definition) is 2. The molecule has 6 heteroatoms. The Hall–Kier alpha value is -1.64. The van der Waals surface area contributed by atoms with Crippen LogP contribution in [0.5, 0.6) is 0 Å². The predicted octanol–water partition coefficient (Wildman–Crippen LogP) is 0.952. The van der Waals surface area contributed by atoms with Crippen molar-refractivity contribution >= 4 is 17.6 Å². The van der Waals surface area contributed by atoms with Crippen molar-refractivity contribution in [3.05, 3.63) is 22.7 Å². The summed E-state index contributed by atoms with van der Waals surface area (Å²) < 4.78 is 0. The van der Waals surface area contributed by atoms with Crippen molar-refractivity contribution in [1.29, 1.82) is 0 Å². The number of aliphatic hydroxyl groups excluding tert-OH is 1. The number of unbranched alkanes of at least 4 members (excludes halogenated alkanes) is 1. The molecule has 0 amide bonds. The van der Waals surface area contributed by atoms with Crippen LogP contribution in [0.2, 0.25) is 5.02 Å². The maximum atomic E-state index is 10.7. The summed E-state index contributed by atoms with van der Waals surface area (Å²) >= 11 is 5.76. The number of carbonyl (C=O) groups is 1. The third-order valence-electron chi connectivity index (χ3n) is 1.66. The Bertz CT molecular complexity index is 451. The Balaban J connectivity index is 2.92. The first-order valence-electron chi connectivity index (χ1n) is 4.50. The summed E-state index contributed by atoms with van der Waals surface area (Å²) in [5.74, 6) is 4.15. The molecule has 0 aliphatic carbocycles. The highest BCUT2D eigenvalue weighted by Crippen LogP contribution is 2.15. The van der Waals surface area contributed by atoms with Crippen LogP contribution in [-0.4, -0.2) is 32.8 Å². The Morgan fingerprint density at radius 1 is 1.50 bits per heavy atom. The van der Waals surface area contributed by atoms with E-state index in [2.05, 4.69) is 21.8 Å². The maximum absolute atomic E-state index is 10.7. The van der Waals surface area contributed by atoms with E-state index in [0.717, 1.165) is 6.33 Å². The lowest BCUT2D eigenvalue weighted by Gasteiger charge is -1.98. The number of hydrogen-bond acceptors (Lipinski definition) is 4. The van der Waals surface area contributed by atoms with Crippen LogP contribution < -0.4 is 0 Å². The van der Waals surface area contributed by atoms with E-state index in [1.807, 2.05) is 0 Å². The number of nitrogens with zero attached hydrogens (tertiary/aromatic N) is 2. The molecule has 0 aliphatic rings. The number of carboxylic acid groups (broad SMARTS) is 1. The molecule has 0 spiro atoms. The summed E-state index contributed by atoms with van der Waals surface area (Å²) in [6.07, 6.45) is 2.16. The van der Waals surface area contributed by atoms with Crippen molar-refractivity contribution < 1.29 is 15.0 Å². The molecule has 0 aromatic carbocycles. The van der Waals surface area contributed by atoms with Gasteiger partial charge in [-0.25, -0.2) is 14.8 Å². The minimum Gasteiger partial charge on any atom is -0.476 e. The lowest BCUT2D eigenvalue weighted by atomic mass is 10.3. The molecule has 84 valence electrons. The van der Waals surface area contributed by atoms with Crippen molar-refractivity contribution in [1.82, 2.24) is 9.97 Å². The van der Waals surface area contributed by atoms with Gasteiger partial charge in [0.2, 0.25) is 0 Å². The molecule has 1 aromatic rings. The average Bonchev–Trinajstić information content (AvgIpc) is 2.26. The third kappa shape index (κ3) is 3.19. The Morgan fingerprint density at radius 3 is 2.88 bits per heavy atom. The lowest BCUT2D eigenvalue weighted by molar-refractivity contribution is 0.0690. The number of rotatable bonds is 3. The van der Waals surface area contributed by atoms with Crippen LogP contribution >= 0.6 is 11.6 Å². The molecule has 0 atom stereocenters. The second kappa shape index (κ2) is 6.05. The molecule has 0 saturated heterocycles. The zero-order valence-electron chi connectivity index (χ0n) is 8.27. The van der Waals surface area contributed by atoms with Gasteiger partial charge in [-0.2, -0.15) is 0 Å². The van der Waals surface area contributed by atoms with Crippen LogP contribution in [0, 0.1) is 11.8 Å². The van der Waals surface area contributed by atoms with Crippen molar-refractivity contribution in [3.63, 3.8) is 0 Å². The van der Waals surface area contributed by atoms with Gasteiger partial charge in [0, 0.05) is 13.0 Å². The molecule has 0 unspecified atom stereocenters. The molecule has 0 bridgehead atoms. The van der Waals surface area contributed by atoms with Crippen molar-refractivity contribution in [2.75, 3.05) is 6.61 Å². The van der Waals surface area contributed by atoms with Crippen molar-refractivity contribution in [2.24, 2.45) is 0 Å². The second-order valence-electron chi connectivity index (χ2n) is 2.82. The molecule has 1 rings (SSSR count). The van der Waals surface area contributed by atoms with E-state index >= 15 is 0 Å². The minimum atomic E-state index is -1.22. The van der Waals surface area contributed by atoms with E-state index < -0.39 is 5.97 Å². The minimum absolute atomic E-state index is 0.0621. The van der Waals surface area contributed by atoms with Crippen molar-refractivity contribution in [3.8, 4) is 11.8 Å². The highest BCUT2D eigenvalue weighted by atomic mass is 35.5. The van der Waals surface area contributed by atoms with Crippen LogP contribution in [0.3, 0.4) is 0 Å². The first-order chi connectivity index (χ1) is 7.66. The number of halogens is 1. The van der Waals surface area contributed by atoms with E-state index in [9.17, 15) is 4.79 Å². The number of aromatic carboxylic acids is 1. The third-order valence-corrected chi connectivity index (χ3v) is 2.02. The van der Waals surface area contributed by atoms with Crippen molar-refractivity contribution in [2.45, 2.75) is 12.8 Å². The van der Waals surface area contributed by atoms with E-state index in [1.54, 1.807) is 0 Å². The molecule has 0 radical (unpaired) electrons. The SMILES string of the molecule is O=C(O)c1ncnc(C#CCCCO)c1Cl. The fraction of sp³-hybridized carbons (Fsp3) is 0.300. The predicted molar refractivity (Wildman–Crippen MR) is 57.2 cm³/mol. The molecule has 0 aliphatic heterocycles. The Labute approximate surface area is 97.1 Å². The molecule has 16 heavy (non-hydrogen) atoms. The lowest BCUT2D eigenvalue weighted by Crippen LogP contribution is -2.03. The molecular weight excluding hydrogens is 232 g/mol. The van der Waals surface area contributed by atoms with Gasteiger partial charge in [-0.1, -0.05) is 17.5 Å². The van der Waals surface area contributed by atoms with Crippen LogP contribution in [0.4, 0.5) is 0 Å². The molecule has 0 saturated carbocycles. The Morgan fingerprint density at radius 2 is 2.25 bits per heavy atom. The molecule has 1 heterocycles. The second-order valence-corrected chi connectivity index (χ2v) is 3.20. The van der Waals surface area contributed by atoms with Gasteiger partial charge < -0.3 is 10.2 Å². The monoisotopic (exact) mass is 240 g/mol. The van der Waals surface area contributed by atoms with Gasteiger partial charge in [0.1, 0.15) is 17.0 Å². The molecule has 2 N–H and O–H groups in total. The quantitative estimate of drug-likeness (QED) is 0.607. The van der Waals surface area contributed by atoms with Gasteiger partial charge in [-0.3, -0.25) is 0 Å². The van der Waals surface area contributed by atoms with Gasteiger partial charge in [0.25, 0.3) is 0 Å². The standard InChI is InChI=1S/C10H9ClN2O3/c11-8-7(4-2-1-3-5-14)12-6-13-9(8)10(15)16/h6,14H,1,3,5H2,(H,15,16). The maximum Gasteiger partial charge on any atom is 0.356 e. The highest BCUT2D eigenvalue weighted by molar-refractivity contribution is 6.34. The van der Waals surface area contributed by atoms with Gasteiger partial charge in [0.15, 0.2) is 5.69 Å². The van der Waals surface area contributed by atoms with E-state index in [4.69, 9.17) is 21.8 Å². The summed E-state index contributed by atoms with van der Waals surface area (Å²) in [4.78, 5) is 18.0. The number of aromatic nitrogens is 2. The van der Waals surface area contributed by atoms with Gasteiger partial charge in [0.05, 0.1) is 0 Å². The van der Waals surface area contributed by atoms with Crippen LogP contribution in [0.25, 0.3) is 0 Å². The molecule has 1 aromatic heterocycles. The average molecular weight is 241 g/mol. The summed E-state index contributed by atoms with van der Waals surface area (Å²) in [5, 5.41) is 17.2. The van der Waals surface area contributed by atoms with Crippen LogP contribution in [0.1, 0.15) is 29.0 Å². The van der Waals surface area contributed by atoms with Gasteiger partial charge in [-0.05, 0) is 12.3 Å². The number of aliphatic hydroxyl groups is 1. The summed E-state index contributed by atoms with van der Waals surface area (Å²) in [6.45, 7) is 0.0621. The van der Waals surface area contributed by atoms with Crippen LogP contribution in [0.15, 0.2) is 6.33 Å². The van der Waals surface area contributed by atoms with E-state index in [1.165, 1.54) is 0 Å². The smallest absolute Gasteiger partial charge is 0.356 e. The topological polar surface area (TPSA) is 83.3 Å². The first kappa shape index (κ1) is 12.4. The highest BCUT2D eigenvalue weighted by Gasteiger charge is 2.13. The van der Waals surface area contributed by atoms with E-state index in [-0.39, 0.29) is 23.0 Å². The largest absolute Gasteiger partial charge is 0.476 e. The summed E-state index contributed by atoms with van der Waals surface area (Å²) in [7, 11) is 0. The van der Waals surface area contributed by atoms with Crippen LogP contribution in [-0.2, 0) is 0 Å². The first-order valence-corrected chi connectivity index (χ1v) is 4.88. The zero-order valence-corrected chi connectivity index (χ0v) is 9.03. The van der Waals surface area contributed by atoms with E-state index in [0.29, 0.717) is 12.8 Å². The molecule has 5 nitrogen and oxygen atoms in total. The molecule has 0 fully saturated rings. The van der Waals surface area contributed by atoms with Gasteiger partial charge >= 0.3 is 5.97 Å². The fourth-order valence-corrected chi connectivity index (χ4v) is 1.15. The number of carboxylic acids is 1. The van der Waals surface area contributed by atoms with Gasteiger partial charge in [-0.15, -0.1) is 0 Å².